The summed E-state index contributed by atoms with van der Waals surface area (Å²) in [5.74, 6) is -0.364. The Morgan fingerprint density at radius 2 is 1.90 bits per heavy atom. The SMILES string of the molecule is CN=C(NCc1cccc(OCCCOC)c1)NC(C)c1ccc(F)c(F)c1.I. The monoisotopic (exact) mass is 519 g/mol. The average molecular weight is 519 g/mol. The molecule has 0 bridgehead atoms. The maximum Gasteiger partial charge on any atom is 0.191 e. The van der Waals surface area contributed by atoms with E-state index in [1.807, 2.05) is 31.2 Å². The van der Waals surface area contributed by atoms with Crippen LogP contribution in [0.3, 0.4) is 0 Å². The van der Waals surface area contributed by atoms with Gasteiger partial charge in [0.25, 0.3) is 0 Å². The molecule has 5 nitrogen and oxygen atoms in total. The Kier molecular flexibility index (Phi) is 11.5. The van der Waals surface area contributed by atoms with Gasteiger partial charge in [-0.2, -0.15) is 0 Å². The van der Waals surface area contributed by atoms with Crippen LogP contribution in [0.1, 0.15) is 30.5 Å². The van der Waals surface area contributed by atoms with E-state index < -0.39 is 11.6 Å². The van der Waals surface area contributed by atoms with Crippen LogP contribution < -0.4 is 15.4 Å². The number of hydrogen-bond donors (Lipinski definition) is 2. The standard InChI is InChI=1S/C21H27F2N3O2.HI/c1-15(17-8-9-19(22)20(23)13-17)26-21(24-2)25-14-16-6-4-7-18(12-16)28-11-5-10-27-3;/h4,6-9,12-13,15H,5,10-11,14H2,1-3H3,(H2,24,25,26);1H. The molecule has 0 fully saturated rings. The third-order valence-corrected chi connectivity index (χ3v) is 4.14. The van der Waals surface area contributed by atoms with Crippen LogP contribution in [0.2, 0.25) is 0 Å². The molecule has 2 aromatic carbocycles. The summed E-state index contributed by atoms with van der Waals surface area (Å²) in [6.45, 7) is 3.66. The highest BCUT2D eigenvalue weighted by Gasteiger charge is 2.11. The highest BCUT2D eigenvalue weighted by atomic mass is 127. The van der Waals surface area contributed by atoms with Gasteiger partial charge in [0.2, 0.25) is 0 Å². The van der Waals surface area contributed by atoms with Gasteiger partial charge in [0.15, 0.2) is 17.6 Å². The van der Waals surface area contributed by atoms with Gasteiger partial charge in [0.05, 0.1) is 12.6 Å². The van der Waals surface area contributed by atoms with E-state index in [1.54, 1.807) is 20.2 Å². The van der Waals surface area contributed by atoms with Crippen molar-refractivity contribution in [3.63, 3.8) is 0 Å². The van der Waals surface area contributed by atoms with E-state index in [0.29, 0.717) is 31.3 Å². The van der Waals surface area contributed by atoms with E-state index in [9.17, 15) is 8.78 Å². The van der Waals surface area contributed by atoms with Gasteiger partial charge in [0, 0.05) is 33.7 Å². The van der Waals surface area contributed by atoms with Crippen molar-refractivity contribution < 1.29 is 18.3 Å². The molecule has 0 aliphatic heterocycles. The molecule has 0 aliphatic carbocycles. The number of aliphatic imine (C=N–C) groups is 1. The minimum absolute atomic E-state index is 0. The molecular formula is C21H28F2IN3O2. The highest BCUT2D eigenvalue weighted by molar-refractivity contribution is 14.0. The van der Waals surface area contributed by atoms with Gasteiger partial charge in [-0.1, -0.05) is 18.2 Å². The minimum Gasteiger partial charge on any atom is -0.493 e. The zero-order valence-corrected chi connectivity index (χ0v) is 19.2. The largest absolute Gasteiger partial charge is 0.493 e. The minimum atomic E-state index is -0.864. The normalized spacial score (nSPS) is 12.1. The molecule has 0 aliphatic rings. The van der Waals surface area contributed by atoms with Crippen molar-refractivity contribution in [2.75, 3.05) is 27.4 Å². The summed E-state index contributed by atoms with van der Waals surface area (Å²) < 4.78 is 37.2. The second kappa shape index (κ2) is 13.3. The topological polar surface area (TPSA) is 54.9 Å². The number of nitrogens with one attached hydrogen (secondary N) is 2. The molecule has 29 heavy (non-hydrogen) atoms. The van der Waals surface area contributed by atoms with Gasteiger partial charge in [-0.25, -0.2) is 8.78 Å². The summed E-state index contributed by atoms with van der Waals surface area (Å²) in [6, 6.07) is 11.4. The lowest BCUT2D eigenvalue weighted by molar-refractivity contribution is 0.172. The Labute approximate surface area is 187 Å². The van der Waals surface area contributed by atoms with E-state index in [-0.39, 0.29) is 30.0 Å². The average Bonchev–Trinajstić information content (AvgIpc) is 2.70. The van der Waals surface area contributed by atoms with Crippen LogP contribution in [0.5, 0.6) is 5.75 Å². The molecular weight excluding hydrogens is 491 g/mol. The van der Waals surface area contributed by atoms with Crippen molar-refractivity contribution >= 4 is 29.9 Å². The first-order valence-electron chi connectivity index (χ1n) is 9.16. The first kappa shape index (κ1) is 25.1. The number of guanidine groups is 1. The van der Waals surface area contributed by atoms with Crippen LogP contribution in [0.15, 0.2) is 47.5 Å². The van der Waals surface area contributed by atoms with Crippen LogP contribution in [-0.4, -0.2) is 33.3 Å². The number of halogens is 3. The molecule has 0 heterocycles. The van der Waals surface area contributed by atoms with Crippen molar-refractivity contribution in [2.24, 2.45) is 4.99 Å². The van der Waals surface area contributed by atoms with Crippen molar-refractivity contribution in [1.29, 1.82) is 0 Å². The Morgan fingerprint density at radius 3 is 2.59 bits per heavy atom. The second-order valence-corrected chi connectivity index (χ2v) is 6.31. The molecule has 160 valence electrons. The van der Waals surface area contributed by atoms with Gasteiger partial charge < -0.3 is 20.1 Å². The second-order valence-electron chi connectivity index (χ2n) is 6.31. The predicted octanol–water partition coefficient (Wildman–Crippen LogP) is 4.42. The van der Waals surface area contributed by atoms with Crippen molar-refractivity contribution in [2.45, 2.75) is 25.9 Å². The van der Waals surface area contributed by atoms with E-state index in [4.69, 9.17) is 9.47 Å². The molecule has 0 aromatic heterocycles. The third kappa shape index (κ3) is 8.53. The fraction of sp³-hybridized carbons (Fsp3) is 0.381. The number of hydrogen-bond acceptors (Lipinski definition) is 3. The van der Waals surface area contributed by atoms with Crippen LogP contribution in [0.4, 0.5) is 8.78 Å². The summed E-state index contributed by atoms with van der Waals surface area (Å²) in [7, 11) is 3.32. The Bertz CT molecular complexity index is 790. The van der Waals surface area contributed by atoms with Crippen LogP contribution in [-0.2, 0) is 11.3 Å². The van der Waals surface area contributed by atoms with E-state index in [2.05, 4.69) is 15.6 Å². The number of benzene rings is 2. The summed E-state index contributed by atoms with van der Waals surface area (Å²) in [5, 5.41) is 6.38. The van der Waals surface area contributed by atoms with Crippen molar-refractivity contribution in [3.8, 4) is 5.75 Å². The molecule has 1 atom stereocenters. The van der Waals surface area contributed by atoms with E-state index in [1.165, 1.54) is 6.07 Å². The van der Waals surface area contributed by atoms with E-state index >= 15 is 0 Å². The fourth-order valence-corrected chi connectivity index (χ4v) is 2.59. The lowest BCUT2D eigenvalue weighted by Crippen LogP contribution is -2.38. The molecule has 0 saturated heterocycles. The molecule has 0 radical (unpaired) electrons. The van der Waals surface area contributed by atoms with Gasteiger partial charge in [-0.15, -0.1) is 24.0 Å². The number of rotatable bonds is 9. The predicted molar refractivity (Wildman–Crippen MR) is 122 cm³/mol. The first-order valence-corrected chi connectivity index (χ1v) is 9.16. The lowest BCUT2D eigenvalue weighted by atomic mass is 10.1. The Balaban J connectivity index is 0.00000420. The van der Waals surface area contributed by atoms with Crippen molar-refractivity contribution in [1.82, 2.24) is 10.6 Å². The van der Waals surface area contributed by atoms with Crippen LogP contribution in [0, 0.1) is 11.6 Å². The number of methoxy groups -OCH3 is 1. The van der Waals surface area contributed by atoms with Crippen LogP contribution in [0.25, 0.3) is 0 Å². The highest BCUT2D eigenvalue weighted by Crippen LogP contribution is 2.16. The Morgan fingerprint density at radius 1 is 1.10 bits per heavy atom. The third-order valence-electron chi connectivity index (χ3n) is 4.14. The number of nitrogens with zero attached hydrogens (tertiary/aromatic N) is 1. The zero-order chi connectivity index (χ0) is 20.4. The zero-order valence-electron chi connectivity index (χ0n) is 16.9. The lowest BCUT2D eigenvalue weighted by Gasteiger charge is -2.18. The summed E-state index contributed by atoms with van der Waals surface area (Å²) in [6.07, 6.45) is 0.831. The summed E-state index contributed by atoms with van der Waals surface area (Å²) >= 11 is 0. The maximum absolute atomic E-state index is 13.4. The summed E-state index contributed by atoms with van der Waals surface area (Å²) in [5.41, 5.74) is 1.67. The fourth-order valence-electron chi connectivity index (χ4n) is 2.59. The number of ether oxygens (including phenoxy) is 2. The van der Waals surface area contributed by atoms with Crippen LogP contribution >= 0.6 is 24.0 Å². The van der Waals surface area contributed by atoms with Gasteiger partial charge in [-0.3, -0.25) is 4.99 Å². The van der Waals surface area contributed by atoms with E-state index in [0.717, 1.165) is 23.8 Å². The molecule has 8 heteroatoms. The molecule has 0 saturated carbocycles. The smallest absolute Gasteiger partial charge is 0.191 e. The quantitative estimate of drug-likeness (QED) is 0.223. The molecule has 2 N–H and O–H groups in total. The molecule has 2 aromatic rings. The molecule has 1 unspecified atom stereocenters. The summed E-state index contributed by atoms with van der Waals surface area (Å²) in [4.78, 5) is 4.18. The molecule has 0 amide bonds. The van der Waals surface area contributed by atoms with Gasteiger partial charge >= 0.3 is 0 Å². The Hall–Kier alpha value is -1.94. The van der Waals surface area contributed by atoms with Gasteiger partial charge in [0.1, 0.15) is 5.75 Å². The maximum atomic E-state index is 13.4. The van der Waals surface area contributed by atoms with Crippen molar-refractivity contribution in [3.05, 3.63) is 65.2 Å². The molecule has 0 spiro atoms. The molecule has 2 rings (SSSR count). The first-order chi connectivity index (χ1) is 13.5. The van der Waals surface area contributed by atoms with Gasteiger partial charge in [-0.05, 0) is 42.3 Å².